The molecule has 0 saturated carbocycles. The molecule has 12 nitrogen and oxygen atoms in total. The quantitative estimate of drug-likeness (QED) is 0.484. The lowest BCUT2D eigenvalue weighted by molar-refractivity contribution is 0.0970. The molecule has 0 aliphatic rings. The standard InChI is InChI=1S/C17H14N4O8/c1-26-17(25)21-10-4-13(29-7-10)16(24)20-9-3-12(28-6-9)15(23)19-8-2-11(14(18)22)27-5-8/h2-7H,1H3,(H2,18,22)(H,19,23)(H,20,24)(H,21,25). The van der Waals surface area contributed by atoms with Crippen molar-refractivity contribution >= 4 is 40.9 Å². The zero-order valence-corrected chi connectivity index (χ0v) is 14.8. The second-order valence-corrected chi connectivity index (χ2v) is 5.49. The third-order valence-electron chi connectivity index (χ3n) is 3.44. The maximum atomic E-state index is 12.2. The number of hydrogen-bond acceptors (Lipinski definition) is 8. The molecule has 5 N–H and O–H groups in total. The minimum atomic E-state index is -0.781. The third-order valence-corrected chi connectivity index (χ3v) is 3.44. The number of anilines is 3. The van der Waals surface area contributed by atoms with Crippen LogP contribution in [0.5, 0.6) is 0 Å². The average molecular weight is 402 g/mol. The highest BCUT2D eigenvalue weighted by Gasteiger charge is 2.17. The smallest absolute Gasteiger partial charge is 0.411 e. The minimum Gasteiger partial charge on any atom is -0.457 e. The van der Waals surface area contributed by atoms with Crippen molar-refractivity contribution in [3.05, 3.63) is 54.3 Å². The van der Waals surface area contributed by atoms with Gasteiger partial charge >= 0.3 is 6.09 Å². The van der Waals surface area contributed by atoms with Gasteiger partial charge in [0.2, 0.25) is 0 Å². The fourth-order valence-corrected chi connectivity index (χ4v) is 2.13. The molecule has 0 aliphatic heterocycles. The van der Waals surface area contributed by atoms with E-state index in [0.717, 1.165) is 18.8 Å². The van der Waals surface area contributed by atoms with E-state index in [1.807, 2.05) is 0 Å². The largest absolute Gasteiger partial charge is 0.457 e. The second-order valence-electron chi connectivity index (χ2n) is 5.49. The molecule has 0 unspecified atom stereocenters. The zero-order valence-electron chi connectivity index (χ0n) is 14.8. The molecule has 0 radical (unpaired) electrons. The summed E-state index contributed by atoms with van der Waals surface area (Å²) in [4.78, 5) is 46.4. The van der Waals surface area contributed by atoms with Crippen LogP contribution in [0.25, 0.3) is 0 Å². The lowest BCUT2D eigenvalue weighted by atomic mass is 10.3. The van der Waals surface area contributed by atoms with Crippen LogP contribution in [0.3, 0.4) is 0 Å². The van der Waals surface area contributed by atoms with Gasteiger partial charge in [0.25, 0.3) is 17.7 Å². The fraction of sp³-hybridized carbons (Fsp3) is 0.0588. The molecular formula is C17H14N4O8. The lowest BCUT2D eigenvalue weighted by Crippen LogP contribution is -2.12. The summed E-state index contributed by atoms with van der Waals surface area (Å²) in [6.45, 7) is 0. The van der Waals surface area contributed by atoms with Gasteiger partial charge in [-0.2, -0.15) is 0 Å². The molecule has 3 aromatic heterocycles. The van der Waals surface area contributed by atoms with Crippen LogP contribution in [0.1, 0.15) is 31.7 Å². The molecule has 3 aromatic rings. The van der Waals surface area contributed by atoms with Gasteiger partial charge in [0.15, 0.2) is 17.3 Å². The summed E-state index contributed by atoms with van der Waals surface area (Å²) in [6, 6.07) is 3.82. The van der Waals surface area contributed by atoms with E-state index in [0.29, 0.717) is 0 Å². The van der Waals surface area contributed by atoms with Crippen molar-refractivity contribution < 1.29 is 37.2 Å². The average Bonchev–Trinajstić information content (AvgIpc) is 3.42. The number of nitrogens with two attached hydrogens (primary N) is 1. The van der Waals surface area contributed by atoms with Gasteiger partial charge in [-0.05, 0) is 0 Å². The van der Waals surface area contributed by atoms with Crippen LogP contribution in [0.15, 0.2) is 50.2 Å². The van der Waals surface area contributed by atoms with Crippen LogP contribution >= 0.6 is 0 Å². The first kappa shape index (κ1) is 19.3. The van der Waals surface area contributed by atoms with Gasteiger partial charge in [0, 0.05) is 18.2 Å². The first-order valence-electron chi connectivity index (χ1n) is 7.89. The molecule has 3 rings (SSSR count). The summed E-state index contributed by atoms with van der Waals surface area (Å²) >= 11 is 0. The Labute approximate surface area is 162 Å². The van der Waals surface area contributed by atoms with Crippen molar-refractivity contribution in [3.63, 3.8) is 0 Å². The summed E-state index contributed by atoms with van der Waals surface area (Å²) < 4.78 is 19.5. The Kier molecular flexibility index (Phi) is 5.35. The first-order chi connectivity index (χ1) is 13.9. The van der Waals surface area contributed by atoms with E-state index in [4.69, 9.17) is 19.0 Å². The number of furan rings is 3. The number of carbonyl (C=O) groups is 4. The van der Waals surface area contributed by atoms with E-state index < -0.39 is 23.8 Å². The van der Waals surface area contributed by atoms with Crippen LogP contribution in [0.2, 0.25) is 0 Å². The molecule has 0 aromatic carbocycles. The Bertz CT molecular complexity index is 1080. The second kappa shape index (κ2) is 8.04. The maximum Gasteiger partial charge on any atom is 0.411 e. The Morgan fingerprint density at radius 2 is 1.17 bits per heavy atom. The Morgan fingerprint density at radius 3 is 1.59 bits per heavy atom. The minimum absolute atomic E-state index is 0.0963. The summed E-state index contributed by atoms with van der Waals surface area (Å²) in [6.07, 6.45) is 2.73. The van der Waals surface area contributed by atoms with E-state index in [-0.39, 0.29) is 34.3 Å². The monoisotopic (exact) mass is 402 g/mol. The van der Waals surface area contributed by atoms with E-state index in [1.54, 1.807) is 0 Å². The summed E-state index contributed by atoms with van der Waals surface area (Å²) in [5.41, 5.74) is 5.67. The first-order valence-corrected chi connectivity index (χ1v) is 7.89. The fourth-order valence-electron chi connectivity index (χ4n) is 2.13. The predicted molar refractivity (Wildman–Crippen MR) is 96.6 cm³/mol. The van der Waals surface area contributed by atoms with Gasteiger partial charge in [0.1, 0.15) is 18.8 Å². The number of carbonyl (C=O) groups excluding carboxylic acids is 4. The molecule has 12 heteroatoms. The van der Waals surface area contributed by atoms with Crippen LogP contribution in [0, 0.1) is 0 Å². The Balaban J connectivity index is 1.60. The number of primary amides is 1. The molecule has 0 atom stereocenters. The van der Waals surface area contributed by atoms with Gasteiger partial charge in [-0.3, -0.25) is 19.7 Å². The molecule has 3 heterocycles. The molecule has 150 valence electrons. The van der Waals surface area contributed by atoms with Gasteiger partial charge < -0.3 is 34.4 Å². The van der Waals surface area contributed by atoms with Crippen LogP contribution < -0.4 is 21.7 Å². The number of hydrogen-bond donors (Lipinski definition) is 4. The Morgan fingerprint density at radius 1 is 0.759 bits per heavy atom. The van der Waals surface area contributed by atoms with E-state index in [2.05, 4.69) is 20.7 Å². The Hall–Kier alpha value is -4.48. The zero-order chi connectivity index (χ0) is 21.0. The molecule has 0 bridgehead atoms. The number of amides is 4. The van der Waals surface area contributed by atoms with Gasteiger partial charge in [-0.15, -0.1) is 0 Å². The highest BCUT2D eigenvalue weighted by molar-refractivity contribution is 6.06. The summed E-state index contributed by atoms with van der Waals surface area (Å²) in [5, 5.41) is 7.25. The molecule has 0 spiro atoms. The highest BCUT2D eigenvalue weighted by atomic mass is 16.5. The van der Waals surface area contributed by atoms with E-state index in [9.17, 15) is 19.2 Å². The maximum absolute atomic E-state index is 12.2. The topological polar surface area (TPSA) is 179 Å². The van der Waals surface area contributed by atoms with Crippen LogP contribution in [-0.2, 0) is 4.74 Å². The molecule has 4 amide bonds. The van der Waals surface area contributed by atoms with E-state index >= 15 is 0 Å². The van der Waals surface area contributed by atoms with E-state index in [1.165, 1.54) is 25.3 Å². The SMILES string of the molecule is COC(=O)Nc1coc(C(=O)Nc2coc(C(=O)Nc3coc(C(N)=O)c3)c2)c1. The molecule has 29 heavy (non-hydrogen) atoms. The molecular weight excluding hydrogens is 388 g/mol. The number of ether oxygens (including phenoxy) is 1. The number of nitrogens with one attached hydrogen (secondary N) is 3. The predicted octanol–water partition coefficient (Wildman–Crippen LogP) is 2.25. The van der Waals surface area contributed by atoms with Crippen molar-refractivity contribution in [3.8, 4) is 0 Å². The van der Waals surface area contributed by atoms with Crippen molar-refractivity contribution in [2.75, 3.05) is 23.1 Å². The van der Waals surface area contributed by atoms with Crippen molar-refractivity contribution in [2.45, 2.75) is 0 Å². The van der Waals surface area contributed by atoms with Crippen molar-refractivity contribution in [1.29, 1.82) is 0 Å². The summed E-state index contributed by atoms with van der Waals surface area (Å²) in [7, 11) is 1.19. The number of methoxy groups -OCH3 is 1. The highest BCUT2D eigenvalue weighted by Crippen LogP contribution is 2.19. The van der Waals surface area contributed by atoms with Crippen LogP contribution in [-0.4, -0.2) is 30.9 Å². The van der Waals surface area contributed by atoms with Gasteiger partial charge in [-0.1, -0.05) is 0 Å². The van der Waals surface area contributed by atoms with Crippen LogP contribution in [0.4, 0.5) is 21.9 Å². The normalized spacial score (nSPS) is 10.2. The molecule has 0 aliphatic carbocycles. The van der Waals surface area contributed by atoms with Crippen molar-refractivity contribution in [1.82, 2.24) is 0 Å². The molecule has 0 saturated heterocycles. The lowest BCUT2D eigenvalue weighted by Gasteiger charge is -1.99. The molecule has 0 fully saturated rings. The third kappa shape index (κ3) is 4.63. The van der Waals surface area contributed by atoms with Crippen molar-refractivity contribution in [2.24, 2.45) is 5.73 Å². The van der Waals surface area contributed by atoms with Gasteiger partial charge in [0.05, 0.1) is 24.2 Å². The number of rotatable bonds is 6. The summed E-state index contributed by atoms with van der Waals surface area (Å²) in [5.74, 6) is -2.40. The van der Waals surface area contributed by atoms with Gasteiger partial charge in [-0.25, -0.2) is 4.79 Å².